The van der Waals surface area contributed by atoms with Gasteiger partial charge < -0.3 is 9.47 Å². The van der Waals surface area contributed by atoms with Crippen LogP contribution in [0.4, 0.5) is 0 Å². The zero-order chi connectivity index (χ0) is 19.3. The number of carbonyl (C=O) groups excluding carboxylic acids is 2. The molecular weight excluding hydrogens is 328 g/mol. The average Bonchev–Trinajstić information content (AvgIpc) is 3.15. The number of epoxide rings is 1. The second kappa shape index (κ2) is 6.47. The van der Waals surface area contributed by atoms with Crippen LogP contribution in [-0.2, 0) is 19.1 Å². The van der Waals surface area contributed by atoms with Gasteiger partial charge in [-0.1, -0.05) is 19.1 Å². The molecule has 1 aliphatic heterocycles. The van der Waals surface area contributed by atoms with Gasteiger partial charge in [0.25, 0.3) is 0 Å². The lowest BCUT2D eigenvalue weighted by Crippen LogP contribution is -2.52. The van der Waals surface area contributed by atoms with Gasteiger partial charge in [-0.2, -0.15) is 0 Å². The van der Waals surface area contributed by atoms with E-state index in [0.717, 1.165) is 32.1 Å². The zero-order valence-electron chi connectivity index (χ0n) is 17.0. The molecular formula is C22H34O4. The molecule has 0 spiro atoms. The van der Waals surface area contributed by atoms with E-state index in [-0.39, 0.29) is 17.0 Å². The molecule has 26 heavy (non-hydrogen) atoms. The van der Waals surface area contributed by atoms with Crippen LogP contribution in [0.1, 0.15) is 79.6 Å². The van der Waals surface area contributed by atoms with Gasteiger partial charge in [0.2, 0.25) is 0 Å². The van der Waals surface area contributed by atoms with Gasteiger partial charge in [-0.05, 0) is 71.1 Å². The van der Waals surface area contributed by atoms with Crippen LogP contribution in [-0.4, -0.2) is 29.1 Å². The molecule has 3 rings (SSSR count). The summed E-state index contributed by atoms with van der Waals surface area (Å²) in [6.07, 6.45) is 6.49. The molecule has 0 N–H and O–H groups in total. The summed E-state index contributed by atoms with van der Waals surface area (Å²) in [7, 11) is 0. The van der Waals surface area contributed by atoms with Crippen LogP contribution >= 0.6 is 0 Å². The third-order valence-electron chi connectivity index (χ3n) is 7.20. The molecule has 5 atom stereocenters. The van der Waals surface area contributed by atoms with Gasteiger partial charge in [-0.3, -0.25) is 9.59 Å². The smallest absolute Gasteiger partial charge is 0.303 e. The lowest BCUT2D eigenvalue weighted by Gasteiger charge is -2.54. The van der Waals surface area contributed by atoms with E-state index < -0.39 is 5.60 Å². The molecule has 0 radical (unpaired) electrons. The lowest BCUT2D eigenvalue weighted by molar-refractivity contribution is -0.156. The Bertz CT molecular complexity index is 622. The first kappa shape index (κ1) is 19.6. The fourth-order valence-corrected chi connectivity index (χ4v) is 5.26. The Morgan fingerprint density at radius 2 is 2.00 bits per heavy atom. The Morgan fingerprint density at radius 1 is 1.31 bits per heavy atom. The van der Waals surface area contributed by atoms with Crippen molar-refractivity contribution in [2.75, 3.05) is 0 Å². The predicted octanol–water partition coefficient (Wildman–Crippen LogP) is 4.61. The number of ether oxygens (including phenoxy) is 2. The van der Waals surface area contributed by atoms with E-state index >= 15 is 0 Å². The summed E-state index contributed by atoms with van der Waals surface area (Å²) < 4.78 is 11.3. The van der Waals surface area contributed by atoms with Crippen molar-refractivity contribution in [3.63, 3.8) is 0 Å². The van der Waals surface area contributed by atoms with Crippen molar-refractivity contribution in [2.45, 2.75) is 96.9 Å². The van der Waals surface area contributed by atoms with E-state index in [0.29, 0.717) is 36.6 Å². The molecule has 0 bridgehead atoms. The minimum absolute atomic E-state index is 0.0199. The lowest BCUT2D eigenvalue weighted by atomic mass is 9.49. The number of ketones is 1. The second-order valence-corrected chi connectivity index (χ2v) is 9.77. The highest BCUT2D eigenvalue weighted by molar-refractivity contribution is 5.86. The molecule has 146 valence electrons. The first-order valence-corrected chi connectivity index (χ1v) is 10.1. The highest BCUT2D eigenvalue weighted by atomic mass is 16.6. The number of carbonyl (C=O) groups is 2. The van der Waals surface area contributed by atoms with Crippen molar-refractivity contribution < 1.29 is 19.1 Å². The largest absolute Gasteiger partial charge is 0.460 e. The molecule has 0 aromatic heterocycles. The topological polar surface area (TPSA) is 55.9 Å². The Kier molecular flexibility index (Phi) is 4.88. The van der Waals surface area contributed by atoms with Crippen molar-refractivity contribution in [3.05, 3.63) is 12.2 Å². The van der Waals surface area contributed by atoms with E-state index in [9.17, 15) is 9.59 Å². The van der Waals surface area contributed by atoms with Gasteiger partial charge in [0.1, 0.15) is 11.4 Å². The number of hydrogen-bond donors (Lipinski definition) is 0. The van der Waals surface area contributed by atoms with Crippen LogP contribution in [0.5, 0.6) is 0 Å². The summed E-state index contributed by atoms with van der Waals surface area (Å²) >= 11 is 0. The van der Waals surface area contributed by atoms with Crippen LogP contribution in [0.3, 0.4) is 0 Å². The molecule has 0 aromatic carbocycles. The van der Waals surface area contributed by atoms with Crippen LogP contribution in [0.25, 0.3) is 0 Å². The zero-order valence-corrected chi connectivity index (χ0v) is 17.0. The van der Waals surface area contributed by atoms with Crippen molar-refractivity contribution in [2.24, 2.45) is 17.3 Å². The Morgan fingerprint density at radius 3 is 2.65 bits per heavy atom. The standard InChI is InChI=1S/C22H34O4/c1-14-7-8-19-22(6,26-19)12-9-17-16(14)13-21(17,5)18(24)10-11-20(3,4)25-15(2)23/h16-17,19H,1,7-13H2,2-6H3/t16-,17-,19-,21-,22-/m1/s1. The Balaban J connectivity index is 1.64. The Labute approximate surface area is 157 Å². The third-order valence-corrected chi connectivity index (χ3v) is 7.20. The van der Waals surface area contributed by atoms with Crippen LogP contribution in [0, 0.1) is 17.3 Å². The molecule has 4 heteroatoms. The third kappa shape index (κ3) is 3.62. The molecule has 2 aliphatic carbocycles. The van der Waals surface area contributed by atoms with Crippen LogP contribution in [0.15, 0.2) is 12.2 Å². The highest BCUT2D eigenvalue weighted by Crippen LogP contribution is 2.60. The minimum Gasteiger partial charge on any atom is -0.460 e. The van der Waals surface area contributed by atoms with Gasteiger partial charge in [0, 0.05) is 18.8 Å². The highest BCUT2D eigenvalue weighted by Gasteiger charge is 2.59. The fraction of sp³-hybridized carbons (Fsp3) is 0.818. The summed E-state index contributed by atoms with van der Waals surface area (Å²) in [6.45, 7) is 13.8. The number of Topliss-reactive ketones (excluding diaryl/α,β-unsaturated/α-hetero) is 1. The van der Waals surface area contributed by atoms with E-state index in [1.165, 1.54) is 12.5 Å². The summed E-state index contributed by atoms with van der Waals surface area (Å²) in [5, 5.41) is 0. The van der Waals surface area contributed by atoms with E-state index in [2.05, 4.69) is 20.4 Å². The molecule has 1 heterocycles. The predicted molar refractivity (Wildman–Crippen MR) is 101 cm³/mol. The van der Waals surface area contributed by atoms with E-state index in [1.54, 1.807) is 0 Å². The summed E-state index contributed by atoms with van der Waals surface area (Å²) in [4.78, 5) is 24.3. The van der Waals surface area contributed by atoms with Gasteiger partial charge in [-0.15, -0.1) is 0 Å². The first-order chi connectivity index (χ1) is 12.0. The number of hydrogen-bond acceptors (Lipinski definition) is 4. The minimum atomic E-state index is -0.592. The second-order valence-electron chi connectivity index (χ2n) is 9.77. The first-order valence-electron chi connectivity index (χ1n) is 10.1. The van der Waals surface area contributed by atoms with Crippen molar-refractivity contribution >= 4 is 11.8 Å². The molecule has 4 nitrogen and oxygen atoms in total. The SMILES string of the molecule is C=C1CC[C@H]2O[C@]2(C)CC[C@@H]2[C@@H]1C[C@@]2(C)C(=O)CCC(C)(C)OC(C)=O. The molecule has 0 aromatic rings. The Hall–Kier alpha value is -1.16. The molecule has 3 fully saturated rings. The number of esters is 1. The van der Waals surface area contributed by atoms with Gasteiger partial charge in [-0.25, -0.2) is 0 Å². The van der Waals surface area contributed by atoms with Gasteiger partial charge in [0.15, 0.2) is 0 Å². The maximum atomic E-state index is 13.1. The molecule has 2 saturated carbocycles. The maximum absolute atomic E-state index is 13.1. The van der Waals surface area contributed by atoms with E-state index in [1.807, 2.05) is 13.8 Å². The number of allylic oxidation sites excluding steroid dienone is 1. The van der Waals surface area contributed by atoms with Crippen LogP contribution < -0.4 is 0 Å². The summed E-state index contributed by atoms with van der Waals surface area (Å²) in [6, 6.07) is 0. The average molecular weight is 363 g/mol. The van der Waals surface area contributed by atoms with Crippen molar-refractivity contribution in [1.82, 2.24) is 0 Å². The van der Waals surface area contributed by atoms with Gasteiger partial charge in [0.05, 0.1) is 11.7 Å². The van der Waals surface area contributed by atoms with Gasteiger partial charge >= 0.3 is 5.97 Å². The summed E-state index contributed by atoms with van der Waals surface area (Å²) in [5.41, 5.74) is 0.461. The summed E-state index contributed by atoms with van der Waals surface area (Å²) in [5.74, 6) is 0.868. The van der Waals surface area contributed by atoms with Crippen LogP contribution in [0.2, 0.25) is 0 Å². The quantitative estimate of drug-likeness (QED) is 0.407. The molecule has 1 saturated heterocycles. The molecule has 0 amide bonds. The molecule has 0 unspecified atom stereocenters. The fourth-order valence-electron chi connectivity index (χ4n) is 5.26. The monoisotopic (exact) mass is 362 g/mol. The number of fused-ring (bicyclic) bond motifs is 2. The molecule has 3 aliphatic rings. The van der Waals surface area contributed by atoms with E-state index in [4.69, 9.17) is 9.47 Å². The normalized spacial score (nSPS) is 39.4. The van der Waals surface area contributed by atoms with Crippen molar-refractivity contribution in [3.8, 4) is 0 Å². The number of rotatable bonds is 5. The maximum Gasteiger partial charge on any atom is 0.303 e. The van der Waals surface area contributed by atoms with Crippen molar-refractivity contribution in [1.29, 1.82) is 0 Å².